The summed E-state index contributed by atoms with van der Waals surface area (Å²) in [6, 6.07) is 6.24. The molecule has 1 aromatic carbocycles. The number of hydrogen-bond donors (Lipinski definition) is 2. The molecule has 3 N–H and O–H groups in total. The van der Waals surface area contributed by atoms with E-state index in [-0.39, 0.29) is 0 Å². The predicted octanol–water partition coefficient (Wildman–Crippen LogP) is 4.46. The van der Waals surface area contributed by atoms with E-state index in [4.69, 9.17) is 5.84 Å². The van der Waals surface area contributed by atoms with E-state index in [1.165, 1.54) is 11.1 Å². The number of benzene rings is 1. The molecule has 2 nitrogen and oxygen atoms in total. The maximum absolute atomic E-state index is 5.39. The second kappa shape index (κ2) is 10.5. The molecule has 0 bridgehead atoms. The van der Waals surface area contributed by atoms with Gasteiger partial charge in [-0.25, -0.2) is 0 Å². The minimum absolute atomic E-state index is 0.510. The Kier molecular flexibility index (Phi) is 11.4. The Morgan fingerprint density at radius 1 is 1.06 bits per heavy atom. The van der Waals surface area contributed by atoms with Gasteiger partial charge in [-0.05, 0) is 24.5 Å². The Morgan fingerprint density at radius 3 is 1.94 bits per heavy atom. The third kappa shape index (κ3) is 5.76. The van der Waals surface area contributed by atoms with Crippen molar-refractivity contribution in [3.63, 3.8) is 0 Å². The van der Waals surface area contributed by atoms with Crippen molar-refractivity contribution in [2.45, 2.75) is 54.4 Å². The summed E-state index contributed by atoms with van der Waals surface area (Å²) in [7, 11) is 0. The number of hydrazine groups is 1. The molecule has 1 aromatic rings. The van der Waals surface area contributed by atoms with Gasteiger partial charge < -0.3 is 5.43 Å². The molecule has 0 aliphatic heterocycles. The molecule has 0 spiro atoms. The number of aryl methyl sites for hydroxylation is 1. The van der Waals surface area contributed by atoms with Crippen LogP contribution in [0.5, 0.6) is 0 Å². The second-order valence-electron chi connectivity index (χ2n) is 3.39. The number of hydrogen-bond acceptors (Lipinski definition) is 2. The van der Waals surface area contributed by atoms with Crippen molar-refractivity contribution in [2.24, 2.45) is 5.84 Å². The number of nitrogens with two attached hydrogens (primary N) is 1. The van der Waals surface area contributed by atoms with E-state index in [2.05, 4.69) is 38.3 Å². The molecule has 94 valence electrons. The first-order valence-electron chi connectivity index (χ1n) is 6.22. The molecule has 0 aliphatic carbocycles. The van der Waals surface area contributed by atoms with E-state index in [9.17, 15) is 0 Å². The van der Waals surface area contributed by atoms with Crippen molar-refractivity contribution in [3.05, 3.63) is 29.3 Å². The van der Waals surface area contributed by atoms with Crippen molar-refractivity contribution in [3.8, 4) is 0 Å². The van der Waals surface area contributed by atoms with Crippen molar-refractivity contribution in [1.82, 2.24) is 0 Å². The average molecular weight is 224 g/mol. The van der Waals surface area contributed by atoms with Crippen molar-refractivity contribution in [1.29, 1.82) is 0 Å². The smallest absolute Gasteiger partial charge is 0.0519 e. The van der Waals surface area contributed by atoms with E-state index in [0.717, 1.165) is 5.69 Å². The topological polar surface area (TPSA) is 38.0 Å². The van der Waals surface area contributed by atoms with Gasteiger partial charge >= 0.3 is 0 Å². The van der Waals surface area contributed by atoms with Gasteiger partial charge in [-0.1, -0.05) is 59.2 Å². The summed E-state index contributed by atoms with van der Waals surface area (Å²) in [5, 5.41) is 0. The summed E-state index contributed by atoms with van der Waals surface area (Å²) in [5.41, 5.74) is 6.28. The van der Waals surface area contributed by atoms with Gasteiger partial charge in [-0.15, -0.1) is 0 Å². The van der Waals surface area contributed by atoms with Gasteiger partial charge in [0.1, 0.15) is 0 Å². The zero-order valence-corrected chi connectivity index (χ0v) is 11.9. The molecular weight excluding hydrogens is 196 g/mol. The summed E-state index contributed by atoms with van der Waals surface area (Å²) < 4.78 is 0. The lowest BCUT2D eigenvalue weighted by Crippen LogP contribution is -2.09. The van der Waals surface area contributed by atoms with Crippen LogP contribution in [0.25, 0.3) is 0 Å². The van der Waals surface area contributed by atoms with E-state index in [0.29, 0.717) is 5.92 Å². The Bertz CT molecular complexity index is 267. The van der Waals surface area contributed by atoms with Crippen LogP contribution in [0.3, 0.4) is 0 Å². The van der Waals surface area contributed by atoms with Gasteiger partial charge in [0.2, 0.25) is 0 Å². The van der Waals surface area contributed by atoms with E-state index < -0.39 is 0 Å². The van der Waals surface area contributed by atoms with Crippen molar-refractivity contribution >= 4 is 5.69 Å². The fourth-order valence-electron chi connectivity index (χ4n) is 1.29. The maximum Gasteiger partial charge on any atom is 0.0519 e. The second-order valence-corrected chi connectivity index (χ2v) is 3.39. The number of rotatable bonds is 2. The molecule has 0 unspecified atom stereocenters. The molecule has 0 amide bonds. The van der Waals surface area contributed by atoms with Gasteiger partial charge in [0, 0.05) is 0 Å². The molecule has 0 atom stereocenters. The zero-order valence-electron chi connectivity index (χ0n) is 11.9. The quantitative estimate of drug-likeness (QED) is 0.575. The minimum Gasteiger partial charge on any atom is -0.324 e. The van der Waals surface area contributed by atoms with Gasteiger partial charge in [-0.2, -0.15) is 0 Å². The largest absolute Gasteiger partial charge is 0.324 e. The van der Waals surface area contributed by atoms with Crippen LogP contribution in [0.1, 0.15) is 58.6 Å². The third-order valence-corrected chi connectivity index (χ3v) is 1.98. The fraction of sp³-hybridized carbons (Fsp3) is 0.571. The minimum atomic E-state index is 0.510. The SMILES string of the molecule is CC.CC.Cc1ccc(NN)c(C(C)C)c1. The Balaban J connectivity index is 0. The van der Waals surface area contributed by atoms with Gasteiger partial charge in [0.15, 0.2) is 0 Å². The summed E-state index contributed by atoms with van der Waals surface area (Å²) >= 11 is 0. The molecule has 0 fully saturated rings. The molecule has 0 aliphatic rings. The fourth-order valence-corrected chi connectivity index (χ4v) is 1.29. The summed E-state index contributed by atoms with van der Waals surface area (Å²) in [4.78, 5) is 0. The predicted molar refractivity (Wildman–Crippen MR) is 75.8 cm³/mol. The van der Waals surface area contributed by atoms with Crippen LogP contribution in [-0.2, 0) is 0 Å². The van der Waals surface area contributed by atoms with Crippen LogP contribution in [0.15, 0.2) is 18.2 Å². The molecule has 0 saturated heterocycles. The van der Waals surface area contributed by atoms with Gasteiger partial charge in [-0.3, -0.25) is 5.84 Å². The van der Waals surface area contributed by atoms with Crippen LogP contribution in [-0.4, -0.2) is 0 Å². The molecule has 0 saturated carbocycles. The molecule has 1 rings (SSSR count). The first-order chi connectivity index (χ1) is 7.65. The molecule has 16 heavy (non-hydrogen) atoms. The number of nitrogens with one attached hydrogen (secondary N) is 1. The zero-order chi connectivity index (χ0) is 13.1. The lowest BCUT2D eigenvalue weighted by molar-refractivity contribution is 0.865. The molecule has 2 heteroatoms. The highest BCUT2D eigenvalue weighted by Gasteiger charge is 2.04. The standard InChI is InChI=1S/C10H16N2.2C2H6/c1-7(2)9-6-8(3)4-5-10(9)12-11;2*1-2/h4-7,12H,11H2,1-3H3;2*1-2H3. The van der Waals surface area contributed by atoms with Crippen molar-refractivity contribution in [2.75, 3.05) is 5.43 Å². The highest BCUT2D eigenvalue weighted by Crippen LogP contribution is 2.24. The highest BCUT2D eigenvalue weighted by molar-refractivity contribution is 5.53. The van der Waals surface area contributed by atoms with Crippen LogP contribution < -0.4 is 11.3 Å². The van der Waals surface area contributed by atoms with Crippen LogP contribution in [0.2, 0.25) is 0 Å². The molecule has 0 radical (unpaired) electrons. The van der Waals surface area contributed by atoms with Gasteiger partial charge in [0.05, 0.1) is 5.69 Å². The Hall–Kier alpha value is -1.02. The van der Waals surface area contributed by atoms with Crippen LogP contribution in [0.4, 0.5) is 5.69 Å². The lowest BCUT2D eigenvalue weighted by Gasteiger charge is -2.12. The Labute approximate surface area is 101 Å². The van der Waals surface area contributed by atoms with Crippen LogP contribution in [0, 0.1) is 6.92 Å². The van der Waals surface area contributed by atoms with Crippen LogP contribution >= 0.6 is 0 Å². The first kappa shape index (κ1) is 17.4. The summed E-state index contributed by atoms with van der Waals surface area (Å²) in [6.45, 7) is 14.4. The van der Waals surface area contributed by atoms with Crippen molar-refractivity contribution < 1.29 is 0 Å². The Morgan fingerprint density at radius 2 is 1.56 bits per heavy atom. The average Bonchev–Trinajstić information content (AvgIpc) is 2.34. The van der Waals surface area contributed by atoms with Gasteiger partial charge in [0.25, 0.3) is 0 Å². The first-order valence-corrected chi connectivity index (χ1v) is 6.22. The van der Waals surface area contributed by atoms with E-state index in [1.54, 1.807) is 0 Å². The lowest BCUT2D eigenvalue weighted by atomic mass is 9.99. The molecular formula is C14H28N2. The maximum atomic E-state index is 5.39. The summed E-state index contributed by atoms with van der Waals surface area (Å²) in [6.07, 6.45) is 0. The van der Waals surface area contributed by atoms with E-state index in [1.807, 2.05) is 33.8 Å². The third-order valence-electron chi connectivity index (χ3n) is 1.98. The highest BCUT2D eigenvalue weighted by atomic mass is 15.2. The van der Waals surface area contributed by atoms with E-state index >= 15 is 0 Å². The monoisotopic (exact) mass is 224 g/mol. The number of anilines is 1. The molecule has 0 heterocycles. The molecule has 0 aromatic heterocycles. The summed E-state index contributed by atoms with van der Waals surface area (Å²) in [5.74, 6) is 5.90. The normalized spacial score (nSPS) is 8.56. The number of nitrogen functional groups attached to an aromatic ring is 1.